The standard InChI is InChI=1S/C10H18N4O3/c1-7(2)11-9(10(16)17)8-6-14(13-12-8)4-3-5-15/h6-7,9,11,15H,3-5H2,1-2H3,(H,16,17). The van der Waals surface area contributed by atoms with Crippen LogP contribution in [0.2, 0.25) is 0 Å². The zero-order valence-electron chi connectivity index (χ0n) is 10.00. The lowest BCUT2D eigenvalue weighted by atomic mass is 10.2. The lowest BCUT2D eigenvalue weighted by Crippen LogP contribution is -2.33. The molecule has 0 saturated heterocycles. The molecule has 0 bridgehead atoms. The predicted octanol–water partition coefficient (Wildman–Crippen LogP) is -0.216. The van der Waals surface area contributed by atoms with Crippen LogP contribution < -0.4 is 5.32 Å². The molecule has 1 unspecified atom stereocenters. The molecule has 1 heterocycles. The minimum Gasteiger partial charge on any atom is -0.480 e. The van der Waals surface area contributed by atoms with Crippen molar-refractivity contribution >= 4 is 5.97 Å². The molecule has 1 atom stereocenters. The first-order valence-corrected chi connectivity index (χ1v) is 5.54. The van der Waals surface area contributed by atoms with E-state index in [0.29, 0.717) is 18.7 Å². The van der Waals surface area contributed by atoms with Crippen LogP contribution >= 0.6 is 0 Å². The summed E-state index contributed by atoms with van der Waals surface area (Å²) in [5.41, 5.74) is 0.379. The van der Waals surface area contributed by atoms with E-state index in [-0.39, 0.29) is 12.6 Å². The van der Waals surface area contributed by atoms with Crippen LogP contribution in [0.1, 0.15) is 32.0 Å². The van der Waals surface area contributed by atoms with Crippen LogP contribution in [0, 0.1) is 0 Å². The molecule has 3 N–H and O–H groups in total. The summed E-state index contributed by atoms with van der Waals surface area (Å²) in [4.78, 5) is 11.1. The predicted molar refractivity (Wildman–Crippen MR) is 60.4 cm³/mol. The zero-order valence-corrected chi connectivity index (χ0v) is 10.00. The van der Waals surface area contributed by atoms with Gasteiger partial charge in [0.1, 0.15) is 5.69 Å². The number of hydrogen-bond acceptors (Lipinski definition) is 5. The summed E-state index contributed by atoms with van der Waals surface area (Å²) in [7, 11) is 0. The lowest BCUT2D eigenvalue weighted by molar-refractivity contribution is -0.140. The van der Waals surface area contributed by atoms with Gasteiger partial charge in [-0.3, -0.25) is 14.8 Å². The molecular weight excluding hydrogens is 224 g/mol. The molecule has 1 rings (SSSR count). The maximum atomic E-state index is 11.1. The van der Waals surface area contributed by atoms with E-state index in [1.165, 1.54) is 4.68 Å². The molecule has 7 heteroatoms. The van der Waals surface area contributed by atoms with Gasteiger partial charge in [-0.25, -0.2) is 0 Å². The van der Waals surface area contributed by atoms with Crippen molar-refractivity contribution in [3.05, 3.63) is 11.9 Å². The van der Waals surface area contributed by atoms with Crippen molar-refractivity contribution in [3.8, 4) is 0 Å². The van der Waals surface area contributed by atoms with Gasteiger partial charge in [0.05, 0.1) is 6.20 Å². The minimum absolute atomic E-state index is 0.0405. The highest BCUT2D eigenvalue weighted by molar-refractivity contribution is 5.74. The van der Waals surface area contributed by atoms with E-state index in [0.717, 1.165) is 0 Å². The number of nitrogens with zero attached hydrogens (tertiary/aromatic N) is 3. The Balaban J connectivity index is 2.73. The molecular formula is C10H18N4O3. The van der Waals surface area contributed by atoms with Gasteiger partial charge in [-0.2, -0.15) is 0 Å². The number of aryl methyl sites for hydroxylation is 1. The first-order chi connectivity index (χ1) is 8.04. The van der Waals surface area contributed by atoms with Crippen LogP contribution in [-0.2, 0) is 11.3 Å². The SMILES string of the molecule is CC(C)NC(C(=O)O)c1cn(CCCO)nn1. The van der Waals surface area contributed by atoms with Gasteiger partial charge in [0, 0.05) is 19.2 Å². The van der Waals surface area contributed by atoms with Crippen LogP contribution in [0.15, 0.2) is 6.20 Å². The highest BCUT2D eigenvalue weighted by Gasteiger charge is 2.23. The number of carboxylic acids is 1. The van der Waals surface area contributed by atoms with Crippen molar-refractivity contribution in [3.63, 3.8) is 0 Å². The number of aliphatic hydroxyl groups excluding tert-OH is 1. The van der Waals surface area contributed by atoms with Crippen LogP contribution in [0.25, 0.3) is 0 Å². The van der Waals surface area contributed by atoms with E-state index < -0.39 is 12.0 Å². The Labute approximate surface area is 99.4 Å². The molecule has 96 valence electrons. The summed E-state index contributed by atoms with van der Waals surface area (Å²) in [6.07, 6.45) is 2.15. The van der Waals surface area contributed by atoms with E-state index in [2.05, 4.69) is 15.6 Å². The second-order valence-electron chi connectivity index (χ2n) is 4.08. The summed E-state index contributed by atoms with van der Waals surface area (Å²) >= 11 is 0. The molecule has 0 saturated carbocycles. The molecule has 1 aromatic heterocycles. The van der Waals surface area contributed by atoms with Crippen molar-refractivity contribution in [1.82, 2.24) is 20.3 Å². The molecule has 7 nitrogen and oxygen atoms in total. The van der Waals surface area contributed by atoms with Gasteiger partial charge in [0.2, 0.25) is 0 Å². The molecule has 17 heavy (non-hydrogen) atoms. The lowest BCUT2D eigenvalue weighted by Gasteiger charge is -2.14. The molecule has 0 spiro atoms. The first-order valence-electron chi connectivity index (χ1n) is 5.54. The van der Waals surface area contributed by atoms with Crippen LogP contribution in [-0.4, -0.2) is 43.8 Å². The first kappa shape index (κ1) is 13.6. The van der Waals surface area contributed by atoms with Crippen LogP contribution in [0.3, 0.4) is 0 Å². The molecule has 0 radical (unpaired) electrons. The Morgan fingerprint density at radius 2 is 2.29 bits per heavy atom. The average molecular weight is 242 g/mol. The number of aliphatic hydroxyl groups is 1. The summed E-state index contributed by atoms with van der Waals surface area (Å²) in [6.45, 7) is 4.33. The zero-order chi connectivity index (χ0) is 12.8. The van der Waals surface area contributed by atoms with Gasteiger partial charge in [-0.05, 0) is 20.3 Å². The highest BCUT2D eigenvalue weighted by atomic mass is 16.4. The molecule has 0 aliphatic rings. The molecule has 0 aliphatic heterocycles. The van der Waals surface area contributed by atoms with Crippen LogP contribution in [0.5, 0.6) is 0 Å². The van der Waals surface area contributed by atoms with Gasteiger partial charge in [0.25, 0.3) is 0 Å². The third kappa shape index (κ3) is 4.12. The van der Waals surface area contributed by atoms with Crippen molar-refractivity contribution in [2.75, 3.05) is 6.61 Å². The molecule has 1 aromatic rings. The fraction of sp³-hybridized carbons (Fsp3) is 0.700. The van der Waals surface area contributed by atoms with Gasteiger partial charge in [0.15, 0.2) is 6.04 Å². The number of rotatable bonds is 7. The summed E-state index contributed by atoms with van der Waals surface area (Å²) < 4.78 is 1.53. The van der Waals surface area contributed by atoms with E-state index in [4.69, 9.17) is 10.2 Å². The number of carbonyl (C=O) groups is 1. The number of nitrogens with one attached hydrogen (secondary N) is 1. The smallest absolute Gasteiger partial charge is 0.327 e. The Hall–Kier alpha value is -1.47. The Morgan fingerprint density at radius 3 is 2.82 bits per heavy atom. The number of hydrogen-bond donors (Lipinski definition) is 3. The van der Waals surface area contributed by atoms with Gasteiger partial charge in [-0.15, -0.1) is 5.10 Å². The molecule has 0 fully saturated rings. The molecule has 0 aromatic carbocycles. The quantitative estimate of drug-likeness (QED) is 0.611. The summed E-state index contributed by atoms with van der Waals surface area (Å²) in [5.74, 6) is -0.979. The minimum atomic E-state index is -0.979. The van der Waals surface area contributed by atoms with E-state index >= 15 is 0 Å². The maximum Gasteiger partial charge on any atom is 0.327 e. The second-order valence-corrected chi connectivity index (χ2v) is 4.08. The number of carboxylic acid groups (broad SMARTS) is 1. The Bertz CT molecular complexity index is 364. The van der Waals surface area contributed by atoms with Gasteiger partial charge < -0.3 is 10.2 Å². The van der Waals surface area contributed by atoms with Crippen molar-refractivity contribution < 1.29 is 15.0 Å². The Morgan fingerprint density at radius 1 is 1.59 bits per heavy atom. The van der Waals surface area contributed by atoms with Crippen molar-refractivity contribution in [2.24, 2.45) is 0 Å². The molecule has 0 amide bonds. The topological polar surface area (TPSA) is 100 Å². The Kier molecular flexibility index (Phi) is 5.05. The normalized spacial score (nSPS) is 12.9. The van der Waals surface area contributed by atoms with E-state index in [1.807, 2.05) is 13.8 Å². The number of aliphatic carboxylic acids is 1. The fourth-order valence-electron chi connectivity index (χ4n) is 1.40. The summed E-state index contributed by atoms with van der Waals surface area (Å²) in [6, 6.07) is -0.809. The third-order valence-electron chi connectivity index (χ3n) is 2.14. The van der Waals surface area contributed by atoms with Crippen molar-refractivity contribution in [1.29, 1.82) is 0 Å². The van der Waals surface area contributed by atoms with E-state index in [9.17, 15) is 4.79 Å². The van der Waals surface area contributed by atoms with Crippen molar-refractivity contribution in [2.45, 2.75) is 38.9 Å². The van der Waals surface area contributed by atoms with Gasteiger partial charge >= 0.3 is 5.97 Å². The van der Waals surface area contributed by atoms with Crippen LogP contribution in [0.4, 0.5) is 0 Å². The maximum absolute atomic E-state index is 11.1. The monoisotopic (exact) mass is 242 g/mol. The molecule has 0 aliphatic carbocycles. The highest BCUT2D eigenvalue weighted by Crippen LogP contribution is 2.10. The largest absolute Gasteiger partial charge is 0.480 e. The van der Waals surface area contributed by atoms with Gasteiger partial charge in [-0.1, -0.05) is 5.21 Å². The summed E-state index contributed by atoms with van der Waals surface area (Å²) in [5, 5.41) is 28.3. The average Bonchev–Trinajstić information content (AvgIpc) is 2.70. The fourth-order valence-corrected chi connectivity index (χ4v) is 1.40. The third-order valence-corrected chi connectivity index (χ3v) is 2.14. The number of aromatic nitrogens is 3. The van der Waals surface area contributed by atoms with E-state index in [1.54, 1.807) is 6.20 Å². The second kappa shape index (κ2) is 6.31.